The van der Waals surface area contributed by atoms with E-state index in [4.69, 9.17) is 4.74 Å². The van der Waals surface area contributed by atoms with Crippen molar-refractivity contribution in [2.45, 2.75) is 44.6 Å². The number of esters is 1. The average Bonchev–Trinajstić information content (AvgIpc) is 2.67. The number of hydrogen-bond donors (Lipinski definition) is 0. The molecule has 0 unspecified atom stereocenters. The molecule has 142 valence electrons. The molecular formula is C22H25NO4. The van der Waals surface area contributed by atoms with Gasteiger partial charge in [0.25, 0.3) is 0 Å². The molecule has 0 radical (unpaired) electrons. The zero-order valence-corrected chi connectivity index (χ0v) is 15.4. The average molecular weight is 367 g/mol. The van der Waals surface area contributed by atoms with Crippen molar-refractivity contribution in [3.05, 3.63) is 81.9 Å². The van der Waals surface area contributed by atoms with Gasteiger partial charge in [-0.2, -0.15) is 0 Å². The third-order valence-corrected chi connectivity index (χ3v) is 5.35. The highest BCUT2D eigenvalue weighted by molar-refractivity contribution is 5.71. The minimum atomic E-state index is -0.573. The first kappa shape index (κ1) is 19.1. The molecule has 2 aromatic rings. The molecule has 0 aromatic heterocycles. The first-order valence-electron chi connectivity index (χ1n) is 9.49. The molecular weight excluding hydrogens is 342 g/mol. The summed E-state index contributed by atoms with van der Waals surface area (Å²) in [7, 11) is 0. The maximum atomic E-state index is 12.8. The van der Waals surface area contributed by atoms with E-state index in [1.807, 2.05) is 60.7 Å². The normalized spacial score (nSPS) is 16.0. The molecule has 0 spiro atoms. The van der Waals surface area contributed by atoms with Crippen molar-refractivity contribution >= 4 is 5.97 Å². The second kappa shape index (κ2) is 8.80. The third-order valence-electron chi connectivity index (χ3n) is 5.35. The zero-order valence-electron chi connectivity index (χ0n) is 15.4. The predicted octanol–water partition coefficient (Wildman–Crippen LogP) is 4.94. The minimum absolute atomic E-state index is 0.101. The Hall–Kier alpha value is -2.69. The van der Waals surface area contributed by atoms with Crippen LogP contribution in [0.1, 0.15) is 55.8 Å². The van der Waals surface area contributed by atoms with Crippen LogP contribution in [0.5, 0.6) is 0 Å². The van der Waals surface area contributed by atoms with Crippen molar-refractivity contribution in [1.29, 1.82) is 0 Å². The molecule has 1 fully saturated rings. The van der Waals surface area contributed by atoms with Gasteiger partial charge in [0.05, 0.1) is 6.42 Å². The van der Waals surface area contributed by atoms with Gasteiger partial charge >= 0.3 is 5.97 Å². The van der Waals surface area contributed by atoms with E-state index in [2.05, 4.69) is 0 Å². The Morgan fingerprint density at radius 1 is 0.963 bits per heavy atom. The van der Waals surface area contributed by atoms with Crippen LogP contribution in [0.15, 0.2) is 60.7 Å². The fraction of sp³-hybridized carbons (Fsp3) is 0.409. The number of rotatable bonds is 7. The Morgan fingerprint density at radius 2 is 1.48 bits per heavy atom. The number of nitrogens with zero attached hydrogens (tertiary/aromatic N) is 1. The first-order chi connectivity index (χ1) is 13.1. The van der Waals surface area contributed by atoms with Gasteiger partial charge in [0.15, 0.2) is 6.10 Å². The molecule has 0 heterocycles. The Labute approximate surface area is 159 Å². The van der Waals surface area contributed by atoms with Gasteiger partial charge in [-0.1, -0.05) is 79.9 Å². The van der Waals surface area contributed by atoms with Gasteiger partial charge in [0.2, 0.25) is 6.54 Å². The lowest BCUT2D eigenvalue weighted by atomic mass is 9.72. The van der Waals surface area contributed by atoms with E-state index < -0.39 is 11.5 Å². The van der Waals surface area contributed by atoms with Crippen LogP contribution in [-0.4, -0.2) is 17.4 Å². The largest absolute Gasteiger partial charge is 0.453 e. The van der Waals surface area contributed by atoms with Gasteiger partial charge in [-0.3, -0.25) is 14.9 Å². The summed E-state index contributed by atoms with van der Waals surface area (Å²) < 4.78 is 5.87. The summed E-state index contributed by atoms with van der Waals surface area (Å²) >= 11 is 0. The van der Waals surface area contributed by atoms with Crippen LogP contribution in [-0.2, 0) is 9.53 Å². The molecule has 0 amide bonds. The lowest BCUT2D eigenvalue weighted by Gasteiger charge is -2.33. The maximum Gasteiger partial charge on any atom is 0.307 e. The van der Waals surface area contributed by atoms with Crippen molar-refractivity contribution in [1.82, 2.24) is 0 Å². The SMILES string of the molecule is O=C(CC1(C[N+](=O)[O-])CCCCC1)OC(c1ccccc1)c1ccccc1. The smallest absolute Gasteiger partial charge is 0.307 e. The molecule has 0 saturated heterocycles. The van der Waals surface area contributed by atoms with Crippen LogP contribution in [0, 0.1) is 15.5 Å². The van der Waals surface area contributed by atoms with Crippen molar-refractivity contribution in [2.75, 3.05) is 6.54 Å². The summed E-state index contributed by atoms with van der Waals surface area (Å²) in [6.07, 6.45) is 3.96. The van der Waals surface area contributed by atoms with Gasteiger partial charge in [0.1, 0.15) is 0 Å². The van der Waals surface area contributed by atoms with Gasteiger partial charge in [-0.15, -0.1) is 0 Å². The lowest BCUT2D eigenvalue weighted by Crippen LogP contribution is -2.35. The third kappa shape index (κ3) is 5.16. The Morgan fingerprint density at radius 3 is 1.96 bits per heavy atom. The van der Waals surface area contributed by atoms with E-state index in [1.54, 1.807) is 0 Å². The fourth-order valence-electron chi connectivity index (χ4n) is 4.03. The molecule has 0 N–H and O–H groups in total. The lowest BCUT2D eigenvalue weighted by molar-refractivity contribution is -0.498. The number of ether oxygens (including phenoxy) is 1. The molecule has 1 aliphatic rings. The summed E-state index contributed by atoms with van der Waals surface area (Å²) in [6.45, 7) is -0.163. The Balaban J connectivity index is 1.79. The Kier molecular flexibility index (Phi) is 6.22. The number of carbonyl (C=O) groups excluding carboxylic acids is 1. The fourth-order valence-corrected chi connectivity index (χ4v) is 4.03. The summed E-state index contributed by atoms with van der Waals surface area (Å²) in [5.74, 6) is -0.364. The van der Waals surface area contributed by atoms with Gasteiger partial charge in [-0.05, 0) is 24.0 Å². The summed E-state index contributed by atoms with van der Waals surface area (Å²) in [5.41, 5.74) is 1.21. The van der Waals surface area contributed by atoms with Crippen LogP contribution in [0.25, 0.3) is 0 Å². The van der Waals surface area contributed by atoms with Gasteiger partial charge < -0.3 is 4.74 Å². The van der Waals surface area contributed by atoms with Crippen LogP contribution in [0.2, 0.25) is 0 Å². The van der Waals surface area contributed by atoms with E-state index in [-0.39, 0.29) is 23.9 Å². The number of benzene rings is 2. The topological polar surface area (TPSA) is 69.4 Å². The number of nitro groups is 1. The second-order valence-electron chi connectivity index (χ2n) is 7.42. The molecule has 3 rings (SSSR count). The van der Waals surface area contributed by atoms with E-state index in [0.717, 1.165) is 30.4 Å². The van der Waals surface area contributed by atoms with E-state index in [1.165, 1.54) is 0 Å². The molecule has 1 saturated carbocycles. The molecule has 0 bridgehead atoms. The van der Waals surface area contributed by atoms with E-state index >= 15 is 0 Å². The molecule has 1 aliphatic carbocycles. The molecule has 0 aliphatic heterocycles. The predicted molar refractivity (Wildman–Crippen MR) is 103 cm³/mol. The van der Waals surface area contributed by atoms with Crippen molar-refractivity contribution in [2.24, 2.45) is 5.41 Å². The van der Waals surface area contributed by atoms with Crippen molar-refractivity contribution in [3.63, 3.8) is 0 Å². The highest BCUT2D eigenvalue weighted by Crippen LogP contribution is 2.40. The van der Waals surface area contributed by atoms with E-state index in [9.17, 15) is 14.9 Å². The number of carbonyl (C=O) groups is 1. The minimum Gasteiger partial charge on any atom is -0.453 e. The highest BCUT2D eigenvalue weighted by Gasteiger charge is 2.40. The molecule has 2 aromatic carbocycles. The molecule has 0 atom stereocenters. The summed E-state index contributed by atoms with van der Waals surface area (Å²) in [6, 6.07) is 19.2. The summed E-state index contributed by atoms with van der Waals surface area (Å²) in [4.78, 5) is 23.7. The molecule has 27 heavy (non-hydrogen) atoms. The van der Waals surface area contributed by atoms with Gasteiger partial charge in [-0.25, -0.2) is 0 Å². The molecule has 5 heteroatoms. The van der Waals surface area contributed by atoms with Crippen LogP contribution < -0.4 is 0 Å². The second-order valence-corrected chi connectivity index (χ2v) is 7.42. The van der Waals surface area contributed by atoms with Crippen LogP contribution in [0.3, 0.4) is 0 Å². The Bertz CT molecular complexity index is 715. The summed E-state index contributed by atoms with van der Waals surface area (Å²) in [5, 5.41) is 11.2. The quantitative estimate of drug-likeness (QED) is 0.395. The first-order valence-corrected chi connectivity index (χ1v) is 9.49. The van der Waals surface area contributed by atoms with Crippen LogP contribution in [0.4, 0.5) is 0 Å². The highest BCUT2D eigenvalue weighted by atomic mass is 16.6. The molecule has 5 nitrogen and oxygen atoms in total. The van der Waals surface area contributed by atoms with Crippen LogP contribution >= 0.6 is 0 Å². The standard InChI is InChI=1S/C22H25NO4/c24-20(16-22(17-23(25)26)14-8-3-9-15-22)27-21(18-10-4-1-5-11-18)19-12-6-2-7-13-19/h1-2,4-7,10-13,21H,3,8-9,14-17H2. The van der Waals surface area contributed by atoms with Crippen molar-refractivity contribution in [3.8, 4) is 0 Å². The van der Waals surface area contributed by atoms with Crippen molar-refractivity contribution < 1.29 is 14.5 Å². The van der Waals surface area contributed by atoms with Gasteiger partial charge in [0, 0.05) is 10.3 Å². The zero-order chi connectivity index (χ0) is 19.1. The van der Waals surface area contributed by atoms with E-state index in [0.29, 0.717) is 12.8 Å². The number of hydrogen-bond acceptors (Lipinski definition) is 4. The monoisotopic (exact) mass is 367 g/mol. The maximum absolute atomic E-state index is 12.8.